The summed E-state index contributed by atoms with van der Waals surface area (Å²) in [5, 5.41) is 16.2. The number of carbonyl (C=O) groups is 2. The summed E-state index contributed by atoms with van der Waals surface area (Å²) in [5.41, 5.74) is 0.868. The lowest BCUT2D eigenvalue weighted by atomic mass is 10.1. The van der Waals surface area contributed by atoms with Crippen molar-refractivity contribution in [2.24, 2.45) is 0 Å². The molecule has 2 amide bonds. The Morgan fingerprint density at radius 1 is 1.24 bits per heavy atom. The topological polar surface area (TPSA) is 101 Å². The molecular formula is C16H13BrClN3O4. The summed E-state index contributed by atoms with van der Waals surface area (Å²) >= 11 is 9.11. The van der Waals surface area contributed by atoms with Crippen LogP contribution in [-0.2, 0) is 4.79 Å². The van der Waals surface area contributed by atoms with Gasteiger partial charge < -0.3 is 10.6 Å². The third kappa shape index (κ3) is 5.01. The third-order valence-electron chi connectivity index (χ3n) is 3.27. The molecule has 2 aromatic rings. The first-order valence-corrected chi connectivity index (χ1v) is 8.23. The van der Waals surface area contributed by atoms with Gasteiger partial charge >= 0.3 is 0 Å². The zero-order valence-corrected chi connectivity index (χ0v) is 15.3. The van der Waals surface area contributed by atoms with E-state index in [0.29, 0.717) is 5.69 Å². The summed E-state index contributed by atoms with van der Waals surface area (Å²) in [6, 6.07) is 8.98. The predicted molar refractivity (Wildman–Crippen MR) is 97.9 cm³/mol. The van der Waals surface area contributed by atoms with Crippen molar-refractivity contribution in [2.45, 2.75) is 6.92 Å². The van der Waals surface area contributed by atoms with Gasteiger partial charge in [-0.2, -0.15) is 0 Å². The van der Waals surface area contributed by atoms with Crippen LogP contribution in [-0.4, -0.2) is 23.3 Å². The monoisotopic (exact) mass is 425 g/mol. The van der Waals surface area contributed by atoms with Crippen LogP contribution in [0.15, 0.2) is 40.9 Å². The van der Waals surface area contributed by atoms with Crippen molar-refractivity contribution >= 4 is 50.7 Å². The molecule has 0 aliphatic carbocycles. The van der Waals surface area contributed by atoms with Crippen molar-refractivity contribution in [3.05, 3.63) is 67.1 Å². The molecule has 2 aromatic carbocycles. The molecule has 0 aromatic heterocycles. The maximum Gasteiger partial charge on any atom is 0.282 e. The van der Waals surface area contributed by atoms with Crippen LogP contribution >= 0.6 is 27.5 Å². The van der Waals surface area contributed by atoms with Crippen molar-refractivity contribution in [3.63, 3.8) is 0 Å². The molecule has 7 nitrogen and oxygen atoms in total. The number of benzene rings is 2. The number of hydrogen-bond donors (Lipinski definition) is 2. The molecular weight excluding hydrogens is 414 g/mol. The summed E-state index contributed by atoms with van der Waals surface area (Å²) in [7, 11) is 0. The van der Waals surface area contributed by atoms with Gasteiger partial charge in [-0.15, -0.1) is 0 Å². The van der Waals surface area contributed by atoms with Crippen LogP contribution in [0.5, 0.6) is 0 Å². The molecule has 0 unspecified atom stereocenters. The van der Waals surface area contributed by atoms with Gasteiger partial charge in [0.2, 0.25) is 5.91 Å². The quantitative estimate of drug-likeness (QED) is 0.562. The molecule has 25 heavy (non-hydrogen) atoms. The van der Waals surface area contributed by atoms with Gasteiger partial charge in [-0.3, -0.25) is 19.7 Å². The number of amides is 2. The van der Waals surface area contributed by atoms with Gasteiger partial charge in [0.1, 0.15) is 5.56 Å². The average Bonchev–Trinajstić information content (AvgIpc) is 2.54. The van der Waals surface area contributed by atoms with Crippen molar-refractivity contribution in [2.75, 3.05) is 11.9 Å². The van der Waals surface area contributed by atoms with E-state index in [-0.39, 0.29) is 22.8 Å². The molecule has 0 aliphatic heterocycles. The van der Waals surface area contributed by atoms with Gasteiger partial charge in [0.05, 0.1) is 11.5 Å². The highest BCUT2D eigenvalue weighted by atomic mass is 79.9. The van der Waals surface area contributed by atoms with E-state index in [2.05, 4.69) is 26.6 Å². The summed E-state index contributed by atoms with van der Waals surface area (Å²) in [4.78, 5) is 34.4. The number of halogens is 2. The van der Waals surface area contributed by atoms with Gasteiger partial charge in [0, 0.05) is 21.2 Å². The minimum Gasteiger partial charge on any atom is -0.343 e. The normalized spacial score (nSPS) is 10.2. The number of carbonyl (C=O) groups excluding carboxylic acids is 2. The molecule has 0 fully saturated rings. The fraction of sp³-hybridized carbons (Fsp3) is 0.125. The second-order valence-electron chi connectivity index (χ2n) is 5.11. The molecule has 0 saturated heterocycles. The van der Waals surface area contributed by atoms with Gasteiger partial charge in [-0.1, -0.05) is 27.5 Å². The first kappa shape index (κ1) is 18.9. The lowest BCUT2D eigenvalue weighted by Crippen LogP contribution is -2.33. The molecule has 9 heteroatoms. The van der Waals surface area contributed by atoms with Crippen molar-refractivity contribution < 1.29 is 14.5 Å². The lowest BCUT2D eigenvalue weighted by molar-refractivity contribution is -0.385. The summed E-state index contributed by atoms with van der Waals surface area (Å²) in [6.45, 7) is 1.49. The van der Waals surface area contributed by atoms with Crippen LogP contribution in [0.2, 0.25) is 5.02 Å². The number of nitro benzene ring substituents is 1. The Bertz CT molecular complexity index is 857. The Hall–Kier alpha value is -2.45. The SMILES string of the molecule is Cc1cc(Br)ccc1NC(=O)CNC(=O)c1cc(Cl)ccc1[N+](=O)[O-]. The zero-order chi connectivity index (χ0) is 18.6. The minimum atomic E-state index is -0.753. The number of hydrogen-bond acceptors (Lipinski definition) is 4. The molecule has 2 rings (SSSR count). The molecule has 0 heterocycles. The van der Waals surface area contributed by atoms with Crippen molar-refractivity contribution in [1.29, 1.82) is 0 Å². The number of rotatable bonds is 5. The third-order valence-corrected chi connectivity index (χ3v) is 4.00. The number of aryl methyl sites for hydroxylation is 1. The van der Waals surface area contributed by atoms with Crippen LogP contribution in [0.4, 0.5) is 11.4 Å². The van der Waals surface area contributed by atoms with Crippen LogP contribution in [0, 0.1) is 17.0 Å². The number of nitrogens with zero attached hydrogens (tertiary/aromatic N) is 1. The smallest absolute Gasteiger partial charge is 0.282 e. The van der Waals surface area contributed by atoms with E-state index in [0.717, 1.165) is 16.1 Å². The molecule has 0 spiro atoms. The first-order valence-electron chi connectivity index (χ1n) is 7.06. The van der Waals surface area contributed by atoms with E-state index in [9.17, 15) is 19.7 Å². The largest absolute Gasteiger partial charge is 0.343 e. The molecule has 0 saturated carbocycles. The van der Waals surface area contributed by atoms with E-state index in [1.807, 2.05) is 13.0 Å². The molecule has 0 bridgehead atoms. The highest BCUT2D eigenvalue weighted by Crippen LogP contribution is 2.23. The second-order valence-corrected chi connectivity index (χ2v) is 6.46. The van der Waals surface area contributed by atoms with E-state index >= 15 is 0 Å². The van der Waals surface area contributed by atoms with Gasteiger partial charge in [0.25, 0.3) is 11.6 Å². The zero-order valence-electron chi connectivity index (χ0n) is 13.0. The van der Waals surface area contributed by atoms with Crippen LogP contribution < -0.4 is 10.6 Å². The fourth-order valence-corrected chi connectivity index (χ4v) is 2.71. The Morgan fingerprint density at radius 2 is 1.96 bits per heavy atom. The highest BCUT2D eigenvalue weighted by Gasteiger charge is 2.21. The molecule has 0 atom stereocenters. The standard InChI is InChI=1S/C16H13BrClN3O4/c1-9-6-10(17)2-4-13(9)20-15(22)8-19-16(23)12-7-11(18)3-5-14(12)21(24)25/h2-7H,8H2,1H3,(H,19,23)(H,20,22). The molecule has 0 radical (unpaired) electrons. The summed E-state index contributed by atoms with van der Waals surface area (Å²) in [5.74, 6) is -1.21. The fourth-order valence-electron chi connectivity index (χ4n) is 2.07. The van der Waals surface area contributed by atoms with Crippen LogP contribution in [0.3, 0.4) is 0 Å². The maximum absolute atomic E-state index is 12.1. The van der Waals surface area contributed by atoms with Crippen molar-refractivity contribution in [3.8, 4) is 0 Å². The summed E-state index contributed by atoms with van der Waals surface area (Å²) in [6.07, 6.45) is 0. The lowest BCUT2D eigenvalue weighted by Gasteiger charge is -2.10. The molecule has 0 aliphatic rings. The van der Waals surface area contributed by atoms with Gasteiger partial charge in [-0.05, 0) is 42.8 Å². The van der Waals surface area contributed by atoms with Gasteiger partial charge in [0.15, 0.2) is 0 Å². The average molecular weight is 427 g/mol. The van der Waals surface area contributed by atoms with Gasteiger partial charge in [-0.25, -0.2) is 0 Å². The Balaban J connectivity index is 2.03. The Kier molecular flexibility index (Phi) is 6.11. The minimum absolute atomic E-state index is 0.186. The first-order chi connectivity index (χ1) is 11.8. The maximum atomic E-state index is 12.1. The van der Waals surface area contributed by atoms with Crippen molar-refractivity contribution in [1.82, 2.24) is 5.32 Å². The number of nitrogens with one attached hydrogen (secondary N) is 2. The van der Waals surface area contributed by atoms with E-state index in [4.69, 9.17) is 11.6 Å². The van der Waals surface area contributed by atoms with E-state index in [1.54, 1.807) is 12.1 Å². The van der Waals surface area contributed by atoms with Crippen LogP contribution in [0.1, 0.15) is 15.9 Å². The van der Waals surface area contributed by atoms with E-state index < -0.39 is 16.7 Å². The summed E-state index contributed by atoms with van der Waals surface area (Å²) < 4.78 is 0.879. The number of anilines is 1. The van der Waals surface area contributed by atoms with E-state index in [1.165, 1.54) is 12.1 Å². The van der Waals surface area contributed by atoms with Crippen LogP contribution in [0.25, 0.3) is 0 Å². The number of nitro groups is 1. The highest BCUT2D eigenvalue weighted by molar-refractivity contribution is 9.10. The Labute approximate surface area is 156 Å². The predicted octanol–water partition coefficient (Wildman–Crippen LogP) is 3.69. The second kappa shape index (κ2) is 8.09. The Morgan fingerprint density at radius 3 is 2.60 bits per heavy atom. The molecule has 130 valence electrons. The molecule has 2 N–H and O–H groups in total.